The zero-order chi connectivity index (χ0) is 13.3. The summed E-state index contributed by atoms with van der Waals surface area (Å²) in [5.41, 5.74) is 1.01. The lowest BCUT2D eigenvalue weighted by atomic mass is 9.95. The molecule has 0 spiro atoms. The molecule has 1 aromatic rings. The lowest BCUT2D eigenvalue weighted by Gasteiger charge is -2.22. The van der Waals surface area contributed by atoms with Crippen LogP contribution >= 0.6 is 0 Å². The van der Waals surface area contributed by atoms with Gasteiger partial charge >= 0.3 is 0 Å². The predicted octanol–water partition coefficient (Wildman–Crippen LogP) is 2.01. The SMILES string of the molecule is O=C(CCNCc1ccccn1)NC1CCCCC1. The number of carbonyl (C=O) groups excluding carboxylic acids is 1. The first-order chi connectivity index (χ1) is 9.34. The van der Waals surface area contributed by atoms with Gasteiger partial charge in [-0.2, -0.15) is 0 Å². The summed E-state index contributed by atoms with van der Waals surface area (Å²) in [6, 6.07) is 6.27. The van der Waals surface area contributed by atoms with Crippen LogP contribution in [0.2, 0.25) is 0 Å². The summed E-state index contributed by atoms with van der Waals surface area (Å²) >= 11 is 0. The molecule has 2 N–H and O–H groups in total. The van der Waals surface area contributed by atoms with Crippen LogP contribution in [0.15, 0.2) is 24.4 Å². The quantitative estimate of drug-likeness (QED) is 0.770. The number of hydrogen-bond donors (Lipinski definition) is 2. The maximum absolute atomic E-state index is 11.8. The largest absolute Gasteiger partial charge is 0.353 e. The van der Waals surface area contributed by atoms with E-state index in [4.69, 9.17) is 0 Å². The molecule has 104 valence electrons. The van der Waals surface area contributed by atoms with Gasteiger partial charge in [-0.15, -0.1) is 0 Å². The molecule has 1 amide bonds. The maximum atomic E-state index is 11.8. The third kappa shape index (κ3) is 5.39. The van der Waals surface area contributed by atoms with Gasteiger partial charge < -0.3 is 10.6 Å². The summed E-state index contributed by atoms with van der Waals surface area (Å²) in [4.78, 5) is 16.0. The average molecular weight is 261 g/mol. The van der Waals surface area contributed by atoms with E-state index in [2.05, 4.69) is 15.6 Å². The van der Waals surface area contributed by atoms with E-state index in [0.717, 1.165) is 25.1 Å². The summed E-state index contributed by atoms with van der Waals surface area (Å²) in [5.74, 6) is 0.167. The molecule has 2 rings (SSSR count). The van der Waals surface area contributed by atoms with Crippen molar-refractivity contribution in [3.05, 3.63) is 30.1 Å². The highest BCUT2D eigenvalue weighted by molar-refractivity contribution is 5.76. The zero-order valence-electron chi connectivity index (χ0n) is 11.4. The number of amides is 1. The number of rotatable bonds is 6. The summed E-state index contributed by atoms with van der Waals surface area (Å²) in [5, 5.41) is 6.37. The van der Waals surface area contributed by atoms with Crippen molar-refractivity contribution in [2.75, 3.05) is 6.54 Å². The van der Waals surface area contributed by atoms with E-state index < -0.39 is 0 Å². The Hall–Kier alpha value is -1.42. The second-order valence-corrected chi connectivity index (χ2v) is 5.15. The Kier molecular flexibility index (Phi) is 5.82. The number of pyridine rings is 1. The van der Waals surface area contributed by atoms with Crippen molar-refractivity contribution in [1.82, 2.24) is 15.6 Å². The minimum Gasteiger partial charge on any atom is -0.353 e. The van der Waals surface area contributed by atoms with Gasteiger partial charge in [-0.05, 0) is 25.0 Å². The van der Waals surface area contributed by atoms with E-state index >= 15 is 0 Å². The highest BCUT2D eigenvalue weighted by atomic mass is 16.1. The van der Waals surface area contributed by atoms with E-state index in [9.17, 15) is 4.79 Å². The van der Waals surface area contributed by atoms with Gasteiger partial charge in [-0.25, -0.2) is 0 Å². The Labute approximate surface area is 115 Å². The fraction of sp³-hybridized carbons (Fsp3) is 0.600. The molecule has 1 heterocycles. The first-order valence-electron chi connectivity index (χ1n) is 7.24. The van der Waals surface area contributed by atoms with Crippen LogP contribution in [0.1, 0.15) is 44.2 Å². The highest BCUT2D eigenvalue weighted by Gasteiger charge is 2.14. The number of nitrogens with one attached hydrogen (secondary N) is 2. The van der Waals surface area contributed by atoms with Crippen LogP contribution in [0.3, 0.4) is 0 Å². The molecule has 1 aliphatic rings. The molecule has 0 saturated heterocycles. The molecule has 4 heteroatoms. The molecule has 1 fully saturated rings. The second-order valence-electron chi connectivity index (χ2n) is 5.15. The van der Waals surface area contributed by atoms with Gasteiger partial charge in [0.15, 0.2) is 0 Å². The number of hydrogen-bond acceptors (Lipinski definition) is 3. The van der Waals surface area contributed by atoms with Crippen molar-refractivity contribution in [2.24, 2.45) is 0 Å². The van der Waals surface area contributed by atoms with Crippen molar-refractivity contribution < 1.29 is 4.79 Å². The highest BCUT2D eigenvalue weighted by Crippen LogP contribution is 2.17. The molecule has 0 aliphatic heterocycles. The van der Waals surface area contributed by atoms with Gasteiger partial charge in [0.2, 0.25) is 5.91 Å². The molecule has 0 aromatic carbocycles. The first kappa shape index (κ1) is 14.0. The van der Waals surface area contributed by atoms with Crippen molar-refractivity contribution in [2.45, 2.75) is 51.1 Å². The topological polar surface area (TPSA) is 54.0 Å². The van der Waals surface area contributed by atoms with Crippen LogP contribution in [-0.2, 0) is 11.3 Å². The van der Waals surface area contributed by atoms with Crippen molar-refractivity contribution in [3.8, 4) is 0 Å². The van der Waals surface area contributed by atoms with Crippen LogP contribution < -0.4 is 10.6 Å². The van der Waals surface area contributed by atoms with E-state index in [0.29, 0.717) is 19.0 Å². The van der Waals surface area contributed by atoms with E-state index in [-0.39, 0.29) is 5.91 Å². The Morgan fingerprint density at radius 2 is 2.11 bits per heavy atom. The van der Waals surface area contributed by atoms with Crippen molar-refractivity contribution in [1.29, 1.82) is 0 Å². The van der Waals surface area contributed by atoms with Gasteiger partial charge in [-0.3, -0.25) is 9.78 Å². The lowest BCUT2D eigenvalue weighted by molar-refractivity contribution is -0.121. The van der Waals surface area contributed by atoms with Crippen LogP contribution in [0, 0.1) is 0 Å². The Morgan fingerprint density at radius 3 is 2.84 bits per heavy atom. The minimum atomic E-state index is 0.167. The van der Waals surface area contributed by atoms with Crippen molar-refractivity contribution >= 4 is 5.91 Å². The van der Waals surface area contributed by atoms with Gasteiger partial charge in [0.05, 0.1) is 5.69 Å². The lowest BCUT2D eigenvalue weighted by Crippen LogP contribution is -2.37. The summed E-state index contributed by atoms with van der Waals surface area (Å²) in [6.45, 7) is 1.42. The van der Waals surface area contributed by atoms with E-state index in [1.807, 2.05) is 18.2 Å². The maximum Gasteiger partial charge on any atom is 0.221 e. The van der Waals surface area contributed by atoms with Gasteiger partial charge in [0.1, 0.15) is 0 Å². The molecule has 0 radical (unpaired) electrons. The Bertz CT molecular complexity index is 374. The first-order valence-corrected chi connectivity index (χ1v) is 7.24. The van der Waals surface area contributed by atoms with Gasteiger partial charge in [0.25, 0.3) is 0 Å². The monoisotopic (exact) mass is 261 g/mol. The van der Waals surface area contributed by atoms with Crippen LogP contribution in [0.25, 0.3) is 0 Å². The standard InChI is InChI=1S/C15H23N3O/c19-15(18-13-6-2-1-3-7-13)9-11-16-12-14-8-4-5-10-17-14/h4-5,8,10,13,16H,1-3,6-7,9,11-12H2,(H,18,19). The normalized spacial score (nSPS) is 16.2. The fourth-order valence-electron chi connectivity index (χ4n) is 2.47. The third-order valence-corrected chi connectivity index (χ3v) is 3.53. The summed E-state index contributed by atoms with van der Waals surface area (Å²) < 4.78 is 0. The number of carbonyl (C=O) groups is 1. The van der Waals surface area contributed by atoms with Crippen LogP contribution in [0.4, 0.5) is 0 Å². The number of aromatic nitrogens is 1. The Morgan fingerprint density at radius 1 is 1.26 bits per heavy atom. The smallest absolute Gasteiger partial charge is 0.221 e. The molecule has 0 atom stereocenters. The molecule has 1 aliphatic carbocycles. The molecular formula is C15H23N3O. The minimum absolute atomic E-state index is 0.167. The van der Waals surface area contributed by atoms with Crippen LogP contribution in [-0.4, -0.2) is 23.5 Å². The number of nitrogens with zero attached hydrogens (tertiary/aromatic N) is 1. The zero-order valence-corrected chi connectivity index (χ0v) is 11.4. The molecule has 1 aromatic heterocycles. The fourth-order valence-corrected chi connectivity index (χ4v) is 2.47. The predicted molar refractivity (Wildman–Crippen MR) is 75.6 cm³/mol. The summed E-state index contributed by atoms with van der Waals surface area (Å²) in [7, 11) is 0. The molecule has 0 unspecified atom stereocenters. The second kappa shape index (κ2) is 7.89. The van der Waals surface area contributed by atoms with Gasteiger partial charge in [-0.1, -0.05) is 25.3 Å². The molecule has 19 heavy (non-hydrogen) atoms. The summed E-state index contributed by atoms with van der Waals surface area (Å²) in [6.07, 6.45) is 8.44. The molecule has 1 saturated carbocycles. The van der Waals surface area contributed by atoms with E-state index in [1.165, 1.54) is 19.3 Å². The molecule has 0 bridgehead atoms. The molecular weight excluding hydrogens is 238 g/mol. The Balaban J connectivity index is 1.56. The molecule has 4 nitrogen and oxygen atoms in total. The van der Waals surface area contributed by atoms with Crippen molar-refractivity contribution in [3.63, 3.8) is 0 Å². The van der Waals surface area contributed by atoms with E-state index in [1.54, 1.807) is 6.20 Å². The van der Waals surface area contributed by atoms with Crippen LogP contribution in [0.5, 0.6) is 0 Å². The average Bonchev–Trinajstić information content (AvgIpc) is 2.46. The van der Waals surface area contributed by atoms with Gasteiger partial charge in [0, 0.05) is 31.7 Å². The third-order valence-electron chi connectivity index (χ3n) is 3.53.